The zero-order valence-electron chi connectivity index (χ0n) is 60.5. The highest BCUT2D eigenvalue weighted by molar-refractivity contribution is 8.00. The van der Waals surface area contributed by atoms with E-state index in [9.17, 15) is 24.6 Å². The molecule has 0 radical (unpaired) electrons. The number of carboxylic acid groups (broad SMARTS) is 2. The number of carbonyl (C=O) groups is 7. The number of aliphatic carboxylic acids is 2. The number of amidine groups is 1. The number of nitrogens with one attached hydrogen (secondary N) is 2. The summed E-state index contributed by atoms with van der Waals surface area (Å²) in [5, 5.41) is 21.3. The van der Waals surface area contributed by atoms with Crippen LogP contribution in [-0.2, 0) is 43.0 Å². The smallest absolute Gasteiger partial charge is 0.342 e. The largest absolute Gasteiger partial charge is 0.481 e. The van der Waals surface area contributed by atoms with Gasteiger partial charge < -0.3 is 34.7 Å². The van der Waals surface area contributed by atoms with E-state index >= 15 is 19.2 Å². The number of anilines is 1. The van der Waals surface area contributed by atoms with Gasteiger partial charge in [0.25, 0.3) is 0 Å². The second-order valence-corrected chi connectivity index (χ2v) is 33.6. The van der Waals surface area contributed by atoms with Crippen LogP contribution in [0.15, 0.2) is 34.0 Å². The predicted molar refractivity (Wildman–Crippen MR) is 368 cm³/mol. The van der Waals surface area contributed by atoms with Gasteiger partial charge in [0.15, 0.2) is 5.84 Å². The maximum atomic E-state index is 16.0. The van der Waals surface area contributed by atoms with Crippen molar-refractivity contribution in [3.05, 3.63) is 45.8 Å². The lowest BCUT2D eigenvalue weighted by atomic mass is 9.59. The van der Waals surface area contributed by atoms with Gasteiger partial charge in [-0.3, -0.25) is 24.1 Å². The Hall–Kier alpha value is -5.19. The number of aliphatic imine (C=N–C) groups is 1. The van der Waals surface area contributed by atoms with Crippen molar-refractivity contribution in [2.45, 2.75) is 266 Å². The summed E-state index contributed by atoms with van der Waals surface area (Å²) < 4.78 is 19.6. The molecule has 1 aromatic heterocycles. The Morgan fingerprint density at radius 1 is 0.703 bits per heavy atom. The van der Waals surface area contributed by atoms with Crippen LogP contribution >= 0.6 is 11.8 Å². The Morgan fingerprint density at radius 2 is 1.15 bits per heavy atom. The van der Waals surface area contributed by atoms with Gasteiger partial charge in [0.05, 0.1) is 18.7 Å². The van der Waals surface area contributed by atoms with E-state index in [-0.39, 0.29) is 104 Å². The van der Waals surface area contributed by atoms with Crippen molar-refractivity contribution in [2.75, 3.05) is 24.7 Å². The molecule has 4 N–H and O–H groups in total. The highest BCUT2D eigenvalue weighted by Gasteiger charge is 2.52. The number of likely N-dealkylation sites (N-methyl/N-ethyl adjacent to an activating group) is 1. The lowest BCUT2D eigenvalue weighted by Gasteiger charge is -2.50. The van der Waals surface area contributed by atoms with E-state index in [2.05, 4.69) is 114 Å². The number of esters is 3. The first kappa shape index (κ1) is 78.3. The van der Waals surface area contributed by atoms with Crippen LogP contribution in [0.5, 0.6) is 0 Å². The normalized spacial score (nSPS) is 22.8. The van der Waals surface area contributed by atoms with E-state index < -0.39 is 64.6 Å². The van der Waals surface area contributed by atoms with E-state index in [0.717, 1.165) is 37.4 Å². The van der Waals surface area contributed by atoms with Crippen LogP contribution in [0.2, 0.25) is 0 Å². The number of amides is 2. The van der Waals surface area contributed by atoms with Gasteiger partial charge in [-0.05, 0) is 152 Å². The van der Waals surface area contributed by atoms with Crippen molar-refractivity contribution < 1.29 is 58.0 Å². The van der Waals surface area contributed by atoms with Gasteiger partial charge in [0.2, 0.25) is 11.8 Å². The number of aromatic amines is 1. The summed E-state index contributed by atoms with van der Waals surface area (Å²) in [4.78, 5) is 109. The van der Waals surface area contributed by atoms with E-state index in [1.165, 1.54) is 4.90 Å². The lowest BCUT2D eigenvalue weighted by molar-refractivity contribution is -0.164. The highest BCUT2D eigenvalue weighted by Crippen LogP contribution is 2.53. The monoisotopic (exact) mass is 1290 g/mol. The molecule has 5 unspecified atom stereocenters. The molecule has 2 aliphatic carbocycles. The molecule has 514 valence electrons. The summed E-state index contributed by atoms with van der Waals surface area (Å²) in [6, 6.07) is 0. The zero-order chi connectivity index (χ0) is 69.4. The van der Waals surface area contributed by atoms with Gasteiger partial charge in [-0.2, -0.15) is 0 Å². The maximum Gasteiger partial charge on any atom is 0.342 e. The number of ether oxygens (including phenoxy) is 3. The molecule has 0 bridgehead atoms. The number of carbonyl (C=O) groups excluding carboxylic acids is 5. The van der Waals surface area contributed by atoms with Crippen molar-refractivity contribution >= 4 is 71.2 Å². The minimum atomic E-state index is -1.21. The van der Waals surface area contributed by atoms with Crippen LogP contribution in [0, 0.1) is 73.9 Å². The third-order valence-corrected chi connectivity index (χ3v) is 22.0. The standard InChI is InChI=1S/C74H120N4O12S/c1-26-73(27-2,33-31-35-91-53(63(81)82)41-54(79)80)67(86)77-61-57(65(84)89-59-47(69(13,14)15)36-45(11)37-48(59)70(16,17)18)55(42(5)6)51(75-61)40-52-56(43(7)8)58(66(85)90-60-49(71(19,20)21)38-46(12)39-50(60)72(22,23)24)62(76-52)78(25)68(87)74(28-3,29-4)32-30-34-88-64(83)44(9)10/h40,42-43,45-50,53,59-60,75H,9,26-39,41H2,1-8,10-25H3,(H,77,86)(H,79,80)(H,81,82). The molecule has 17 heteroatoms. The Labute approximate surface area is 551 Å². The van der Waals surface area contributed by atoms with Crippen LogP contribution in [0.25, 0.3) is 6.08 Å². The average molecular weight is 1290 g/mol. The van der Waals surface area contributed by atoms with Gasteiger partial charge in [0, 0.05) is 52.8 Å². The minimum absolute atomic E-state index is 0.00265. The first-order chi connectivity index (χ1) is 41.9. The molecule has 16 nitrogen and oxygen atoms in total. The summed E-state index contributed by atoms with van der Waals surface area (Å²) in [6.07, 6.45) is 7.09. The number of thioether (sulfide) groups is 1. The summed E-state index contributed by atoms with van der Waals surface area (Å²) >= 11 is 1.04. The number of hydrogen-bond donors (Lipinski definition) is 4. The molecule has 0 saturated heterocycles. The molecule has 2 amide bonds. The summed E-state index contributed by atoms with van der Waals surface area (Å²) in [6.45, 7) is 52.1. The van der Waals surface area contributed by atoms with Crippen LogP contribution in [0.4, 0.5) is 5.82 Å². The Morgan fingerprint density at radius 3 is 1.55 bits per heavy atom. The SMILES string of the molecule is C=C(C)C(=O)OCCCC(CC)(CC)C(=O)N(C)C1=NC(=Cc2[nH]c(NC(=O)C(CC)(CC)CCCSC(CC(=O)O)C(=O)O)c(C(=O)OC3C(C(C)(C)C)CC(C)CC3C(C)(C)C)c2C(C)C)C(C(C)C)=C1C(=O)OC1C(C(C)(C)C)CC(C)CC1C(C)(C)C. The second kappa shape index (κ2) is 31.4. The number of H-pyrrole nitrogens is 1. The van der Waals surface area contributed by atoms with Gasteiger partial charge in [-0.15, -0.1) is 11.8 Å². The summed E-state index contributed by atoms with van der Waals surface area (Å²) in [7, 11) is 1.67. The molecule has 2 saturated carbocycles. The Kier molecular flexibility index (Phi) is 27.0. The lowest BCUT2D eigenvalue weighted by Crippen LogP contribution is -2.50. The van der Waals surface area contributed by atoms with Gasteiger partial charge >= 0.3 is 29.8 Å². The Balaban J connectivity index is 2.12. The number of rotatable bonds is 27. The molecule has 1 aromatic rings. The quantitative estimate of drug-likeness (QED) is 0.0278. The molecule has 0 spiro atoms. The van der Waals surface area contributed by atoms with Crippen LogP contribution in [-0.4, -0.2) is 104 Å². The van der Waals surface area contributed by atoms with Gasteiger partial charge in [-0.1, -0.05) is 159 Å². The molecule has 2 heterocycles. The van der Waals surface area contributed by atoms with Crippen LogP contribution in [0.3, 0.4) is 0 Å². The Bertz CT molecular complexity index is 2830. The molecule has 5 atom stereocenters. The third kappa shape index (κ3) is 19.0. The zero-order valence-corrected chi connectivity index (χ0v) is 61.3. The number of aromatic nitrogens is 1. The molecule has 2 fully saturated rings. The molecular formula is C74H120N4O12S. The number of nitrogens with zero attached hydrogens (tertiary/aromatic N) is 2. The van der Waals surface area contributed by atoms with Crippen LogP contribution in [0.1, 0.15) is 270 Å². The minimum Gasteiger partial charge on any atom is -0.481 e. The van der Waals surface area contributed by atoms with Crippen molar-refractivity contribution in [3.63, 3.8) is 0 Å². The van der Waals surface area contributed by atoms with Gasteiger partial charge in [-0.25, -0.2) is 19.4 Å². The number of carboxylic acids is 2. The maximum absolute atomic E-state index is 16.0. The van der Waals surface area contributed by atoms with Crippen molar-refractivity contribution in [1.82, 2.24) is 9.88 Å². The second-order valence-electron chi connectivity index (χ2n) is 32.3. The molecule has 0 aromatic carbocycles. The number of hydrogen-bond acceptors (Lipinski definition) is 12. The average Bonchev–Trinajstić information content (AvgIpc) is 1.72. The van der Waals surface area contributed by atoms with E-state index in [4.69, 9.17) is 19.2 Å². The van der Waals surface area contributed by atoms with Crippen LogP contribution < -0.4 is 5.32 Å². The molecule has 4 rings (SSSR count). The van der Waals surface area contributed by atoms with Crippen molar-refractivity contribution in [3.8, 4) is 0 Å². The summed E-state index contributed by atoms with van der Waals surface area (Å²) in [5.74, 6) is -4.02. The fraction of sp³-hybridized carbons (Fsp3) is 0.757. The first-order valence-electron chi connectivity index (χ1n) is 34.1. The number of allylic oxidation sites excluding steroid dienone is 1. The topological polar surface area (TPSA) is 231 Å². The van der Waals surface area contributed by atoms with E-state index in [0.29, 0.717) is 91.5 Å². The first-order valence-corrected chi connectivity index (χ1v) is 35.1. The van der Waals surface area contributed by atoms with Gasteiger partial charge in [0.1, 0.15) is 34.4 Å². The third-order valence-electron chi connectivity index (χ3n) is 20.7. The van der Waals surface area contributed by atoms with Crippen molar-refractivity contribution in [1.29, 1.82) is 0 Å². The van der Waals surface area contributed by atoms with E-state index in [1.54, 1.807) is 14.0 Å². The molecule has 1 aliphatic heterocycles. The molecular weight excluding hydrogens is 1170 g/mol. The molecule has 91 heavy (non-hydrogen) atoms. The van der Waals surface area contributed by atoms with Crippen molar-refractivity contribution in [2.24, 2.45) is 78.9 Å². The fourth-order valence-electron chi connectivity index (χ4n) is 14.9. The summed E-state index contributed by atoms with van der Waals surface area (Å²) in [5.41, 5.74) is -0.275. The van der Waals surface area contributed by atoms with E-state index in [1.807, 2.05) is 61.5 Å². The molecule has 3 aliphatic rings. The highest BCUT2D eigenvalue weighted by atomic mass is 32.2. The fourth-order valence-corrected chi connectivity index (χ4v) is 15.9. The predicted octanol–water partition coefficient (Wildman–Crippen LogP) is 17.1.